The first-order valence-electron chi connectivity index (χ1n) is 8.40. The number of carbonyl (C=O) groups excluding carboxylic acids is 2. The molecule has 0 bridgehead atoms. The number of hydrogen-bond donors (Lipinski definition) is 2. The lowest BCUT2D eigenvalue weighted by Crippen LogP contribution is -2.30. The number of anilines is 1. The topological polar surface area (TPSA) is 92.3 Å². The second kappa shape index (κ2) is 8.75. The van der Waals surface area contributed by atoms with E-state index in [1.807, 2.05) is 0 Å². The summed E-state index contributed by atoms with van der Waals surface area (Å²) in [5.74, 6) is -0.433. The molecule has 0 aliphatic rings. The minimum Gasteiger partial charge on any atom is -0.322 e. The van der Waals surface area contributed by atoms with Crippen LogP contribution in [0.25, 0.3) is 6.08 Å². The van der Waals surface area contributed by atoms with Gasteiger partial charge in [0, 0.05) is 23.4 Å². The Hall–Kier alpha value is -2.77. The van der Waals surface area contributed by atoms with Gasteiger partial charge in [0.15, 0.2) is 5.78 Å². The van der Waals surface area contributed by atoms with Crippen molar-refractivity contribution in [2.24, 2.45) is 0 Å². The van der Waals surface area contributed by atoms with E-state index >= 15 is 0 Å². The fourth-order valence-corrected chi connectivity index (χ4v) is 3.56. The molecule has 7 heteroatoms. The van der Waals surface area contributed by atoms with Gasteiger partial charge < -0.3 is 5.32 Å². The monoisotopic (exact) mass is 386 g/mol. The van der Waals surface area contributed by atoms with Crippen molar-refractivity contribution in [2.75, 3.05) is 5.32 Å². The van der Waals surface area contributed by atoms with Gasteiger partial charge in [-0.1, -0.05) is 24.3 Å². The number of Topliss-reactive ketones (excluding diaryl/α,β-unsaturated/α-hetero) is 1. The zero-order chi connectivity index (χ0) is 20.0. The molecule has 142 valence electrons. The fourth-order valence-electron chi connectivity index (χ4n) is 2.31. The summed E-state index contributed by atoms with van der Waals surface area (Å²) in [6.45, 7) is 4.96. The molecule has 2 rings (SSSR count). The Balaban J connectivity index is 2.04. The minimum atomic E-state index is -3.54. The quantitative estimate of drug-likeness (QED) is 0.564. The first-order valence-corrected chi connectivity index (χ1v) is 9.88. The standard InChI is InChI=1S/C20H22N2O4S/c1-14(2)22-27(25,26)19-10-7-16(8-11-19)9-12-20(24)21-18-6-4-5-17(13-18)15(3)23/h4-14,22H,1-3H3,(H,21,24)/b12-9+. The van der Waals surface area contributed by atoms with Crippen LogP contribution >= 0.6 is 0 Å². The molecule has 0 heterocycles. The van der Waals surface area contributed by atoms with Crippen molar-refractivity contribution < 1.29 is 18.0 Å². The van der Waals surface area contributed by atoms with Crippen LogP contribution in [0.15, 0.2) is 59.5 Å². The summed E-state index contributed by atoms with van der Waals surface area (Å²) in [7, 11) is -3.54. The molecule has 0 spiro atoms. The molecule has 2 aromatic rings. The molecule has 27 heavy (non-hydrogen) atoms. The average Bonchev–Trinajstić information content (AvgIpc) is 2.59. The normalized spacial score (nSPS) is 11.7. The maximum atomic E-state index is 12.1. The van der Waals surface area contributed by atoms with Crippen LogP contribution in [0.5, 0.6) is 0 Å². The van der Waals surface area contributed by atoms with Gasteiger partial charge in [-0.3, -0.25) is 9.59 Å². The van der Waals surface area contributed by atoms with Crippen LogP contribution in [0, 0.1) is 0 Å². The Morgan fingerprint density at radius 3 is 2.30 bits per heavy atom. The molecule has 2 N–H and O–H groups in total. The van der Waals surface area contributed by atoms with Gasteiger partial charge in [-0.2, -0.15) is 0 Å². The average molecular weight is 386 g/mol. The highest BCUT2D eigenvalue weighted by molar-refractivity contribution is 7.89. The van der Waals surface area contributed by atoms with E-state index in [0.29, 0.717) is 16.8 Å². The highest BCUT2D eigenvalue weighted by Crippen LogP contribution is 2.13. The summed E-state index contributed by atoms with van der Waals surface area (Å²) in [6, 6.07) is 12.7. The van der Waals surface area contributed by atoms with E-state index in [4.69, 9.17) is 0 Å². The van der Waals surface area contributed by atoms with Gasteiger partial charge in [0.2, 0.25) is 15.9 Å². The summed E-state index contributed by atoms with van der Waals surface area (Å²) >= 11 is 0. The van der Waals surface area contributed by atoms with Gasteiger partial charge in [-0.15, -0.1) is 0 Å². The number of benzene rings is 2. The van der Waals surface area contributed by atoms with Crippen molar-refractivity contribution in [1.82, 2.24) is 4.72 Å². The lowest BCUT2D eigenvalue weighted by Gasteiger charge is -2.09. The number of ketones is 1. The van der Waals surface area contributed by atoms with Crippen LogP contribution in [0.1, 0.15) is 36.7 Å². The van der Waals surface area contributed by atoms with Crippen molar-refractivity contribution in [3.05, 3.63) is 65.7 Å². The molecule has 1 amide bonds. The van der Waals surface area contributed by atoms with Crippen molar-refractivity contribution in [1.29, 1.82) is 0 Å². The van der Waals surface area contributed by atoms with Crippen LogP contribution in [0.3, 0.4) is 0 Å². The van der Waals surface area contributed by atoms with Gasteiger partial charge >= 0.3 is 0 Å². The van der Waals surface area contributed by atoms with E-state index in [-0.39, 0.29) is 22.6 Å². The molecule has 2 aromatic carbocycles. The van der Waals surface area contributed by atoms with Crippen LogP contribution in [-0.2, 0) is 14.8 Å². The molecule has 0 saturated carbocycles. The number of carbonyl (C=O) groups is 2. The van der Waals surface area contributed by atoms with E-state index in [2.05, 4.69) is 10.0 Å². The Morgan fingerprint density at radius 1 is 1.04 bits per heavy atom. The smallest absolute Gasteiger partial charge is 0.248 e. The first-order chi connectivity index (χ1) is 12.7. The molecule has 0 aromatic heterocycles. The molecule has 0 aliphatic carbocycles. The van der Waals surface area contributed by atoms with E-state index in [1.165, 1.54) is 25.1 Å². The molecular weight excluding hydrogens is 364 g/mol. The lowest BCUT2D eigenvalue weighted by atomic mass is 10.1. The molecule has 0 saturated heterocycles. The van der Waals surface area contributed by atoms with Crippen molar-refractivity contribution in [2.45, 2.75) is 31.7 Å². The third-order valence-corrected chi connectivity index (χ3v) is 5.22. The van der Waals surface area contributed by atoms with Gasteiger partial charge in [-0.05, 0) is 56.7 Å². The molecule has 0 unspecified atom stereocenters. The SMILES string of the molecule is CC(=O)c1cccc(NC(=O)/C=C/c2ccc(S(=O)(=O)NC(C)C)cc2)c1. The minimum absolute atomic E-state index is 0.0800. The van der Waals surface area contributed by atoms with Gasteiger partial charge in [0.1, 0.15) is 0 Å². The van der Waals surface area contributed by atoms with Crippen LogP contribution < -0.4 is 10.0 Å². The molecule has 0 aliphatic heterocycles. The predicted molar refractivity (Wildman–Crippen MR) is 106 cm³/mol. The number of hydrogen-bond acceptors (Lipinski definition) is 4. The van der Waals surface area contributed by atoms with E-state index < -0.39 is 10.0 Å². The Labute approximate surface area is 159 Å². The Kier molecular flexibility index (Phi) is 6.65. The summed E-state index contributed by atoms with van der Waals surface area (Å²) in [4.78, 5) is 23.6. The number of nitrogens with one attached hydrogen (secondary N) is 2. The third kappa shape index (κ3) is 6.16. The highest BCUT2D eigenvalue weighted by Gasteiger charge is 2.14. The summed E-state index contributed by atoms with van der Waals surface area (Å²) < 4.78 is 26.7. The van der Waals surface area contributed by atoms with Crippen molar-refractivity contribution in [3.8, 4) is 0 Å². The second-order valence-corrected chi connectivity index (χ2v) is 8.02. The largest absolute Gasteiger partial charge is 0.322 e. The maximum absolute atomic E-state index is 12.1. The number of sulfonamides is 1. The van der Waals surface area contributed by atoms with Crippen LogP contribution in [-0.4, -0.2) is 26.2 Å². The molecule has 6 nitrogen and oxygen atoms in total. The van der Waals surface area contributed by atoms with Gasteiger partial charge in [-0.25, -0.2) is 13.1 Å². The first kappa shape index (κ1) is 20.5. The van der Waals surface area contributed by atoms with Gasteiger partial charge in [0.05, 0.1) is 4.90 Å². The highest BCUT2D eigenvalue weighted by atomic mass is 32.2. The van der Waals surface area contributed by atoms with Gasteiger partial charge in [0.25, 0.3) is 0 Å². The Morgan fingerprint density at radius 2 is 1.70 bits per heavy atom. The van der Waals surface area contributed by atoms with Crippen LogP contribution in [0.2, 0.25) is 0 Å². The molecule has 0 radical (unpaired) electrons. The zero-order valence-electron chi connectivity index (χ0n) is 15.4. The third-order valence-electron chi connectivity index (χ3n) is 3.55. The lowest BCUT2D eigenvalue weighted by molar-refractivity contribution is -0.111. The number of rotatable bonds is 7. The predicted octanol–water partition coefficient (Wildman–Crippen LogP) is 3.23. The zero-order valence-corrected chi connectivity index (χ0v) is 16.2. The van der Waals surface area contributed by atoms with E-state index in [9.17, 15) is 18.0 Å². The maximum Gasteiger partial charge on any atom is 0.248 e. The van der Waals surface area contributed by atoms with Crippen molar-refractivity contribution in [3.63, 3.8) is 0 Å². The van der Waals surface area contributed by atoms with Crippen LogP contribution in [0.4, 0.5) is 5.69 Å². The summed E-state index contributed by atoms with van der Waals surface area (Å²) in [5, 5.41) is 2.68. The number of amides is 1. The molecule has 0 fully saturated rings. The molecule has 0 atom stereocenters. The summed E-state index contributed by atoms with van der Waals surface area (Å²) in [6.07, 6.45) is 2.92. The second-order valence-electron chi connectivity index (χ2n) is 6.30. The molecular formula is C20H22N2O4S. The Bertz CT molecular complexity index is 962. The summed E-state index contributed by atoms with van der Waals surface area (Å²) in [5.41, 5.74) is 1.73. The van der Waals surface area contributed by atoms with E-state index in [0.717, 1.165) is 0 Å². The van der Waals surface area contributed by atoms with Crippen molar-refractivity contribution >= 4 is 33.5 Å². The fraction of sp³-hybridized carbons (Fsp3) is 0.200. The van der Waals surface area contributed by atoms with E-state index in [1.54, 1.807) is 56.3 Å².